The number of aryl methyl sites for hydroxylation is 2. The zero-order chi connectivity index (χ0) is 11.5. The molecule has 1 nitrogen and oxygen atoms in total. The first kappa shape index (κ1) is 11.0. The molecule has 1 heteroatoms. The van der Waals surface area contributed by atoms with Gasteiger partial charge in [0.1, 0.15) is 0 Å². The Morgan fingerprint density at radius 2 is 2.25 bits per heavy atom. The van der Waals surface area contributed by atoms with E-state index in [9.17, 15) is 0 Å². The summed E-state index contributed by atoms with van der Waals surface area (Å²) in [5.74, 6) is 0. The molecule has 0 saturated carbocycles. The van der Waals surface area contributed by atoms with Crippen LogP contribution in [0.1, 0.15) is 35.6 Å². The third kappa shape index (κ3) is 1.90. The second-order valence-corrected chi connectivity index (χ2v) is 4.31. The maximum Gasteiger partial charge on any atom is 0.0380 e. The predicted octanol–water partition coefficient (Wildman–Crippen LogP) is 3.44. The van der Waals surface area contributed by atoms with Crippen molar-refractivity contribution >= 4 is 5.70 Å². The largest absolute Gasteiger partial charge is 0.362 e. The van der Waals surface area contributed by atoms with Gasteiger partial charge in [-0.15, -0.1) is 0 Å². The van der Waals surface area contributed by atoms with Crippen LogP contribution in [0.4, 0.5) is 0 Å². The highest BCUT2D eigenvalue weighted by molar-refractivity contribution is 5.65. The van der Waals surface area contributed by atoms with Gasteiger partial charge in [0, 0.05) is 5.70 Å². The first-order valence-electron chi connectivity index (χ1n) is 5.97. The van der Waals surface area contributed by atoms with E-state index < -0.39 is 0 Å². The van der Waals surface area contributed by atoms with Crippen LogP contribution in [0, 0.1) is 0 Å². The third-order valence-corrected chi connectivity index (χ3v) is 3.31. The Labute approximate surface area is 97.9 Å². The minimum absolute atomic E-state index is 0.944. The highest BCUT2D eigenvalue weighted by atomic mass is 14.8. The Bertz CT molecular complexity index is 429. The Hall–Kier alpha value is -1.50. The van der Waals surface area contributed by atoms with Gasteiger partial charge in [0.15, 0.2) is 0 Å². The molecule has 0 atom stereocenters. The molecule has 0 fully saturated rings. The lowest BCUT2D eigenvalue weighted by Gasteiger charge is -2.12. The van der Waals surface area contributed by atoms with Crippen molar-refractivity contribution in [3.63, 3.8) is 0 Å². The van der Waals surface area contributed by atoms with Crippen molar-refractivity contribution in [2.75, 3.05) is 0 Å². The summed E-state index contributed by atoms with van der Waals surface area (Å²) < 4.78 is 0. The summed E-state index contributed by atoms with van der Waals surface area (Å²) in [6.45, 7) is 9.93. The summed E-state index contributed by atoms with van der Waals surface area (Å²) in [4.78, 5) is 0. The Morgan fingerprint density at radius 3 is 2.94 bits per heavy atom. The Morgan fingerprint density at radius 1 is 1.44 bits per heavy atom. The molecule has 0 saturated heterocycles. The monoisotopic (exact) mass is 213 g/mol. The molecule has 84 valence electrons. The minimum Gasteiger partial charge on any atom is -0.362 e. The van der Waals surface area contributed by atoms with Crippen molar-refractivity contribution < 1.29 is 0 Å². The topological polar surface area (TPSA) is 12.0 Å². The normalized spacial score (nSPS) is 13.3. The molecule has 1 aromatic rings. The third-order valence-electron chi connectivity index (χ3n) is 3.31. The van der Waals surface area contributed by atoms with Crippen LogP contribution in [0.25, 0.3) is 5.70 Å². The van der Waals surface area contributed by atoms with E-state index >= 15 is 0 Å². The molecule has 1 aliphatic rings. The number of hydrogen-bond acceptors (Lipinski definition) is 1. The van der Waals surface area contributed by atoms with Gasteiger partial charge in [-0.2, -0.15) is 0 Å². The van der Waals surface area contributed by atoms with Crippen LogP contribution in [-0.2, 0) is 19.3 Å². The molecule has 0 aromatic heterocycles. The maximum atomic E-state index is 4.03. The van der Waals surface area contributed by atoms with E-state index in [0.717, 1.165) is 12.1 Å². The van der Waals surface area contributed by atoms with E-state index in [1.165, 1.54) is 36.0 Å². The van der Waals surface area contributed by atoms with Gasteiger partial charge in [0.05, 0.1) is 0 Å². The maximum absolute atomic E-state index is 4.03. The van der Waals surface area contributed by atoms with Crippen LogP contribution in [0.2, 0.25) is 0 Å². The summed E-state index contributed by atoms with van der Waals surface area (Å²) in [5, 5.41) is 3.07. The van der Waals surface area contributed by atoms with Crippen LogP contribution >= 0.6 is 0 Å². The lowest BCUT2D eigenvalue weighted by atomic mass is 9.97. The molecule has 0 radical (unpaired) electrons. The molecule has 1 aromatic carbocycles. The molecule has 0 bridgehead atoms. The zero-order valence-electron chi connectivity index (χ0n) is 9.97. The molecule has 0 heterocycles. The number of benzene rings is 1. The molecule has 1 aliphatic carbocycles. The number of nitrogens with one attached hydrogen (secondary N) is 1. The van der Waals surface area contributed by atoms with Crippen LogP contribution < -0.4 is 5.32 Å². The second kappa shape index (κ2) is 4.56. The molecule has 0 amide bonds. The van der Waals surface area contributed by atoms with Gasteiger partial charge in [-0.05, 0) is 66.3 Å². The van der Waals surface area contributed by atoms with E-state index in [-0.39, 0.29) is 0 Å². The summed E-state index contributed by atoms with van der Waals surface area (Å²) in [6.07, 6.45) is 6.56. The standard InChI is InChI=1S/C15H19N/c1-4-12-9-14(11(3)16-5-2)10-13-7-6-8-15(12)13/h5,9-10,16H,2-4,6-8H2,1H3. The van der Waals surface area contributed by atoms with E-state index in [2.05, 4.69) is 37.5 Å². The molecule has 0 aliphatic heterocycles. The number of fused-ring (bicyclic) bond motifs is 1. The summed E-state index contributed by atoms with van der Waals surface area (Å²) >= 11 is 0. The molecular weight excluding hydrogens is 194 g/mol. The molecule has 1 N–H and O–H groups in total. The first-order valence-corrected chi connectivity index (χ1v) is 5.97. The fraction of sp³-hybridized carbons (Fsp3) is 0.333. The van der Waals surface area contributed by atoms with Crippen molar-refractivity contribution in [3.8, 4) is 0 Å². The molecule has 0 spiro atoms. The van der Waals surface area contributed by atoms with Crippen molar-refractivity contribution in [2.24, 2.45) is 0 Å². The van der Waals surface area contributed by atoms with Crippen LogP contribution in [0.3, 0.4) is 0 Å². The molecule has 16 heavy (non-hydrogen) atoms. The van der Waals surface area contributed by atoms with Crippen molar-refractivity contribution in [1.29, 1.82) is 0 Å². The van der Waals surface area contributed by atoms with E-state index in [4.69, 9.17) is 0 Å². The van der Waals surface area contributed by atoms with Gasteiger partial charge >= 0.3 is 0 Å². The van der Waals surface area contributed by atoms with Crippen molar-refractivity contribution in [2.45, 2.75) is 32.6 Å². The lowest BCUT2D eigenvalue weighted by Crippen LogP contribution is -2.03. The first-order chi connectivity index (χ1) is 7.76. The van der Waals surface area contributed by atoms with E-state index in [1.54, 1.807) is 11.8 Å². The van der Waals surface area contributed by atoms with Gasteiger partial charge in [0.2, 0.25) is 0 Å². The average Bonchev–Trinajstić information content (AvgIpc) is 2.75. The fourth-order valence-electron chi connectivity index (χ4n) is 2.49. The van der Waals surface area contributed by atoms with Crippen LogP contribution in [0.15, 0.2) is 31.5 Å². The predicted molar refractivity (Wildman–Crippen MR) is 70.2 cm³/mol. The van der Waals surface area contributed by atoms with Crippen LogP contribution in [-0.4, -0.2) is 0 Å². The van der Waals surface area contributed by atoms with E-state index in [0.29, 0.717) is 0 Å². The quantitative estimate of drug-likeness (QED) is 0.808. The smallest absolute Gasteiger partial charge is 0.0380 e. The van der Waals surface area contributed by atoms with Gasteiger partial charge in [-0.3, -0.25) is 0 Å². The summed E-state index contributed by atoms with van der Waals surface area (Å²) in [6, 6.07) is 4.54. The number of rotatable bonds is 4. The fourth-order valence-corrected chi connectivity index (χ4v) is 2.49. The zero-order valence-corrected chi connectivity index (χ0v) is 9.97. The van der Waals surface area contributed by atoms with E-state index in [1.807, 2.05) is 0 Å². The van der Waals surface area contributed by atoms with Crippen molar-refractivity contribution in [1.82, 2.24) is 5.32 Å². The summed E-state index contributed by atoms with van der Waals surface area (Å²) in [7, 11) is 0. The number of hydrogen-bond donors (Lipinski definition) is 1. The lowest BCUT2D eigenvalue weighted by molar-refractivity contribution is 0.905. The van der Waals surface area contributed by atoms with Gasteiger partial charge in [0.25, 0.3) is 0 Å². The summed E-state index contributed by atoms with van der Waals surface area (Å²) in [5.41, 5.74) is 6.73. The highest BCUT2D eigenvalue weighted by Crippen LogP contribution is 2.29. The van der Waals surface area contributed by atoms with Gasteiger partial charge < -0.3 is 5.32 Å². The average molecular weight is 213 g/mol. The Kier molecular flexibility index (Phi) is 3.14. The van der Waals surface area contributed by atoms with Crippen LogP contribution in [0.5, 0.6) is 0 Å². The molecule has 0 unspecified atom stereocenters. The van der Waals surface area contributed by atoms with Gasteiger partial charge in [-0.25, -0.2) is 0 Å². The molecule has 2 rings (SSSR count). The highest BCUT2D eigenvalue weighted by Gasteiger charge is 2.15. The Balaban J connectivity index is 2.41. The second-order valence-electron chi connectivity index (χ2n) is 4.31. The van der Waals surface area contributed by atoms with Crippen molar-refractivity contribution in [3.05, 3.63) is 53.7 Å². The van der Waals surface area contributed by atoms with Gasteiger partial charge in [-0.1, -0.05) is 20.1 Å². The minimum atomic E-state index is 0.944. The molecular formula is C15H19N. The SMILES string of the molecule is C=CNC(=C)c1cc(CC)c2c(c1)CCC2.